The largest absolute Gasteiger partial charge is 0.504 e. The van der Waals surface area contributed by atoms with E-state index in [0.717, 1.165) is 6.08 Å². The average molecular weight is 220 g/mol. The lowest BCUT2D eigenvalue weighted by atomic mass is 10.3. The van der Waals surface area contributed by atoms with Crippen molar-refractivity contribution in [2.45, 2.75) is 6.29 Å². The van der Waals surface area contributed by atoms with Crippen LogP contribution in [0.25, 0.3) is 0 Å². The van der Waals surface area contributed by atoms with Crippen LogP contribution in [0, 0.1) is 0 Å². The molecule has 0 amide bonds. The van der Waals surface area contributed by atoms with E-state index < -0.39 is 12.3 Å². The number of aromatic hydroxyl groups is 1. The van der Waals surface area contributed by atoms with E-state index in [1.54, 1.807) is 18.2 Å². The Hall–Kier alpha value is -2.23. The van der Waals surface area contributed by atoms with Crippen molar-refractivity contribution >= 4 is 5.97 Å². The molecule has 4 nitrogen and oxygen atoms in total. The van der Waals surface area contributed by atoms with E-state index in [9.17, 15) is 9.90 Å². The summed E-state index contributed by atoms with van der Waals surface area (Å²) < 4.78 is 10.0. The van der Waals surface area contributed by atoms with Gasteiger partial charge in [-0.1, -0.05) is 25.3 Å². The van der Waals surface area contributed by atoms with Crippen molar-refractivity contribution in [3.8, 4) is 11.5 Å². The van der Waals surface area contributed by atoms with Gasteiger partial charge in [-0.05, 0) is 18.2 Å². The lowest BCUT2D eigenvalue weighted by Crippen LogP contribution is -2.20. The number of carbonyl (C=O) groups is 1. The molecule has 0 aliphatic carbocycles. The van der Waals surface area contributed by atoms with Crippen LogP contribution in [0.1, 0.15) is 0 Å². The fourth-order valence-corrected chi connectivity index (χ4v) is 0.965. The number of esters is 1. The Morgan fingerprint density at radius 2 is 2.06 bits per heavy atom. The molecule has 0 heterocycles. The second-order valence-corrected chi connectivity index (χ2v) is 2.83. The highest BCUT2D eigenvalue weighted by molar-refractivity contribution is 5.81. The van der Waals surface area contributed by atoms with Gasteiger partial charge in [-0.2, -0.15) is 0 Å². The summed E-state index contributed by atoms with van der Waals surface area (Å²) >= 11 is 0. The summed E-state index contributed by atoms with van der Waals surface area (Å²) in [5.74, 6) is -0.450. The topological polar surface area (TPSA) is 55.8 Å². The molecule has 1 atom stereocenters. The van der Waals surface area contributed by atoms with Crippen molar-refractivity contribution in [1.29, 1.82) is 0 Å². The van der Waals surface area contributed by atoms with Crippen molar-refractivity contribution in [3.63, 3.8) is 0 Å². The minimum absolute atomic E-state index is 0.0380. The van der Waals surface area contributed by atoms with Crippen LogP contribution in [0.3, 0.4) is 0 Å². The van der Waals surface area contributed by atoms with E-state index in [1.165, 1.54) is 12.1 Å². The first-order valence-corrected chi connectivity index (χ1v) is 4.57. The molecule has 4 heteroatoms. The zero-order valence-electron chi connectivity index (χ0n) is 8.63. The summed E-state index contributed by atoms with van der Waals surface area (Å²) in [7, 11) is 0. The second kappa shape index (κ2) is 5.60. The van der Waals surface area contributed by atoms with Crippen LogP contribution in [0.2, 0.25) is 0 Å². The van der Waals surface area contributed by atoms with Crippen LogP contribution in [0.15, 0.2) is 49.6 Å². The van der Waals surface area contributed by atoms with Crippen LogP contribution in [-0.2, 0) is 9.53 Å². The van der Waals surface area contributed by atoms with Gasteiger partial charge in [0.05, 0.1) is 0 Å². The summed E-state index contributed by atoms with van der Waals surface area (Å²) in [4.78, 5) is 10.9. The van der Waals surface area contributed by atoms with Crippen LogP contribution < -0.4 is 4.74 Å². The van der Waals surface area contributed by atoms with Crippen molar-refractivity contribution in [3.05, 3.63) is 49.6 Å². The Morgan fingerprint density at radius 1 is 1.38 bits per heavy atom. The molecule has 0 saturated heterocycles. The van der Waals surface area contributed by atoms with E-state index in [0.29, 0.717) is 0 Å². The van der Waals surface area contributed by atoms with Crippen LogP contribution in [-0.4, -0.2) is 17.4 Å². The predicted molar refractivity (Wildman–Crippen MR) is 59.0 cm³/mol. The third-order valence-corrected chi connectivity index (χ3v) is 1.70. The lowest BCUT2D eigenvalue weighted by molar-refractivity contribution is -0.151. The maximum Gasteiger partial charge on any atom is 0.333 e. The average Bonchev–Trinajstić information content (AvgIpc) is 2.30. The molecular weight excluding hydrogens is 208 g/mol. The molecule has 0 spiro atoms. The fourth-order valence-electron chi connectivity index (χ4n) is 0.965. The number of ether oxygens (including phenoxy) is 2. The maximum atomic E-state index is 10.9. The lowest BCUT2D eigenvalue weighted by Gasteiger charge is -2.15. The summed E-state index contributed by atoms with van der Waals surface area (Å²) in [5, 5.41) is 9.43. The van der Waals surface area contributed by atoms with Gasteiger partial charge in [0.2, 0.25) is 0 Å². The van der Waals surface area contributed by atoms with Crippen molar-refractivity contribution in [1.82, 2.24) is 0 Å². The maximum absolute atomic E-state index is 10.9. The summed E-state index contributed by atoms with van der Waals surface area (Å²) in [6, 6.07) is 6.35. The zero-order valence-corrected chi connectivity index (χ0v) is 8.63. The predicted octanol–water partition coefficient (Wildman–Crippen LogP) is 2.01. The van der Waals surface area contributed by atoms with Gasteiger partial charge in [-0.3, -0.25) is 0 Å². The smallest absolute Gasteiger partial charge is 0.333 e. The number of rotatable bonds is 5. The highest BCUT2D eigenvalue weighted by atomic mass is 16.7. The van der Waals surface area contributed by atoms with Crippen molar-refractivity contribution in [2.75, 3.05) is 0 Å². The molecule has 0 bridgehead atoms. The molecule has 1 rings (SSSR count). The Morgan fingerprint density at radius 3 is 2.62 bits per heavy atom. The number of carbonyl (C=O) groups excluding carboxylic acids is 1. The Kier molecular flexibility index (Phi) is 4.15. The first-order chi connectivity index (χ1) is 7.67. The normalized spacial score (nSPS) is 11.2. The van der Waals surface area contributed by atoms with E-state index in [2.05, 4.69) is 13.2 Å². The molecule has 0 aliphatic rings. The molecule has 1 aromatic carbocycles. The molecule has 0 aliphatic heterocycles. The van der Waals surface area contributed by atoms with Crippen LogP contribution in [0.5, 0.6) is 11.5 Å². The van der Waals surface area contributed by atoms with Crippen molar-refractivity contribution < 1.29 is 19.4 Å². The molecule has 84 valence electrons. The SMILES string of the molecule is C=CC(=O)OC(C=C)Oc1ccccc1O. The van der Waals surface area contributed by atoms with Crippen LogP contribution >= 0.6 is 0 Å². The minimum Gasteiger partial charge on any atom is -0.504 e. The minimum atomic E-state index is -0.959. The van der Waals surface area contributed by atoms with E-state index in [-0.39, 0.29) is 11.5 Å². The van der Waals surface area contributed by atoms with E-state index >= 15 is 0 Å². The molecule has 0 radical (unpaired) electrons. The number of phenolic OH excluding ortho intramolecular Hbond substituents is 1. The number of para-hydroxylation sites is 2. The molecule has 1 N–H and O–H groups in total. The van der Waals surface area contributed by atoms with E-state index in [1.807, 2.05) is 0 Å². The Bertz CT molecular complexity index is 398. The van der Waals surface area contributed by atoms with Gasteiger partial charge in [-0.15, -0.1) is 0 Å². The van der Waals surface area contributed by atoms with Gasteiger partial charge < -0.3 is 14.6 Å². The molecular formula is C12H12O4. The summed E-state index contributed by atoms with van der Waals surface area (Å²) in [5.41, 5.74) is 0. The molecule has 16 heavy (non-hydrogen) atoms. The van der Waals surface area contributed by atoms with E-state index in [4.69, 9.17) is 9.47 Å². The molecule has 0 aromatic heterocycles. The standard InChI is InChI=1S/C12H12O4/c1-3-11(14)16-12(4-2)15-10-8-6-5-7-9(10)13/h3-8,12-13H,1-2H2. The second-order valence-electron chi connectivity index (χ2n) is 2.83. The molecule has 1 aromatic rings. The quantitative estimate of drug-likeness (QED) is 0.357. The van der Waals surface area contributed by atoms with Crippen molar-refractivity contribution in [2.24, 2.45) is 0 Å². The summed E-state index contributed by atoms with van der Waals surface area (Å²) in [6.45, 7) is 6.71. The number of hydrogen-bond donors (Lipinski definition) is 1. The molecule has 1 unspecified atom stereocenters. The first-order valence-electron chi connectivity index (χ1n) is 4.57. The molecule has 0 saturated carbocycles. The Labute approximate surface area is 93.4 Å². The Balaban J connectivity index is 2.70. The zero-order chi connectivity index (χ0) is 12.0. The fraction of sp³-hybridized carbons (Fsp3) is 0.0833. The van der Waals surface area contributed by atoms with Gasteiger partial charge in [0, 0.05) is 6.08 Å². The number of benzene rings is 1. The van der Waals surface area contributed by atoms with Gasteiger partial charge in [-0.25, -0.2) is 4.79 Å². The summed E-state index contributed by atoms with van der Waals surface area (Å²) in [6.07, 6.45) is 1.36. The molecule has 0 fully saturated rings. The first kappa shape index (κ1) is 11.8. The van der Waals surface area contributed by atoms with Crippen LogP contribution in [0.4, 0.5) is 0 Å². The van der Waals surface area contributed by atoms with Gasteiger partial charge in [0.25, 0.3) is 6.29 Å². The number of hydrogen-bond acceptors (Lipinski definition) is 4. The van der Waals surface area contributed by atoms with Gasteiger partial charge in [0.15, 0.2) is 11.5 Å². The monoisotopic (exact) mass is 220 g/mol. The third-order valence-electron chi connectivity index (χ3n) is 1.70. The highest BCUT2D eigenvalue weighted by Crippen LogP contribution is 2.25. The van der Waals surface area contributed by atoms with Gasteiger partial charge >= 0.3 is 5.97 Å². The highest BCUT2D eigenvalue weighted by Gasteiger charge is 2.11. The number of phenols is 1. The van der Waals surface area contributed by atoms with Gasteiger partial charge in [0.1, 0.15) is 0 Å². The third kappa shape index (κ3) is 3.16.